The van der Waals surface area contributed by atoms with Gasteiger partial charge in [-0.3, -0.25) is 14.4 Å². The Bertz CT molecular complexity index is 1510. The van der Waals surface area contributed by atoms with E-state index in [1.165, 1.54) is 12.8 Å². The van der Waals surface area contributed by atoms with Gasteiger partial charge in [-0.25, -0.2) is 0 Å². The van der Waals surface area contributed by atoms with Crippen molar-refractivity contribution in [1.29, 1.82) is 0 Å². The second kappa shape index (κ2) is 49.7. The summed E-state index contributed by atoms with van der Waals surface area (Å²) in [5.74, 6) is -1.09. The van der Waals surface area contributed by atoms with Crippen LogP contribution in [0.15, 0.2) is 158 Å². The number of hydrogen-bond donors (Lipinski definition) is 0. The van der Waals surface area contributed by atoms with Crippen LogP contribution in [0.25, 0.3) is 0 Å². The summed E-state index contributed by atoms with van der Waals surface area (Å²) in [6.07, 6.45) is 72.3. The van der Waals surface area contributed by atoms with Gasteiger partial charge in [0.1, 0.15) is 13.2 Å². The van der Waals surface area contributed by atoms with Crippen molar-refractivity contribution in [3.8, 4) is 0 Å². The van der Waals surface area contributed by atoms with Crippen LogP contribution in [0.3, 0.4) is 0 Å². The Morgan fingerprint density at radius 3 is 1.17 bits per heavy atom. The Morgan fingerprint density at radius 2 is 0.714 bits per heavy atom. The Kier molecular flexibility index (Phi) is 45.8. The highest BCUT2D eigenvalue weighted by Gasteiger charge is 2.19. The molecule has 0 aliphatic heterocycles. The number of unbranched alkanes of at least 4 members (excludes halogenated alkanes) is 9. The fourth-order valence-electron chi connectivity index (χ4n) is 5.60. The third kappa shape index (κ3) is 47.9. The highest BCUT2D eigenvalue weighted by molar-refractivity contribution is 5.71. The van der Waals surface area contributed by atoms with Gasteiger partial charge in [-0.2, -0.15) is 0 Å². The molecule has 0 aromatic carbocycles. The minimum atomic E-state index is -0.844. The minimum absolute atomic E-state index is 0.138. The number of esters is 3. The quantitative estimate of drug-likeness (QED) is 0.0201. The fraction of sp³-hybridized carbons (Fsp3) is 0.491. The van der Waals surface area contributed by atoms with Crippen LogP contribution in [0.4, 0.5) is 0 Å². The number of ether oxygens (including phenoxy) is 3. The van der Waals surface area contributed by atoms with E-state index in [4.69, 9.17) is 14.2 Å². The van der Waals surface area contributed by atoms with Crippen molar-refractivity contribution >= 4 is 17.9 Å². The van der Waals surface area contributed by atoms with Gasteiger partial charge in [0.2, 0.25) is 0 Å². The Morgan fingerprint density at radius 1 is 0.349 bits per heavy atom. The molecule has 0 heterocycles. The Hall–Kier alpha value is -4.97. The lowest BCUT2D eigenvalue weighted by Crippen LogP contribution is -2.30. The van der Waals surface area contributed by atoms with Crippen molar-refractivity contribution in [3.05, 3.63) is 158 Å². The standard InChI is InChI=1S/C57H84O6/c1-4-7-10-13-16-19-22-24-26-28-30-32-35-38-41-44-47-50-56(59)62-53-54(52-61-55(58)49-46-43-40-37-34-21-18-15-12-9-6-3)63-57(60)51-48-45-42-39-36-33-31-29-27-25-23-20-17-14-11-8-5-2/h7-8,10-11,13,15-22,24-28,30-35,39,42,54H,4-6,9,12,14,23,29,36-38,40-41,43-53H2,1-3H3/b10-7-,11-8-,16-13-,18-15-,20-17-,22-19-,26-24-,27-25-,30-28+,33-31-,34-21-,35-32-,42-39-. The van der Waals surface area contributed by atoms with Gasteiger partial charge in [0, 0.05) is 19.3 Å². The van der Waals surface area contributed by atoms with Gasteiger partial charge in [-0.05, 0) is 96.3 Å². The monoisotopic (exact) mass is 865 g/mol. The molecule has 0 rings (SSSR count). The molecule has 0 aliphatic rings. The molecule has 0 saturated heterocycles. The number of carbonyl (C=O) groups excluding carboxylic acids is 3. The lowest BCUT2D eigenvalue weighted by atomic mass is 10.1. The Balaban J connectivity index is 4.65. The predicted octanol–water partition coefficient (Wildman–Crippen LogP) is 15.9. The van der Waals surface area contributed by atoms with E-state index in [9.17, 15) is 14.4 Å². The van der Waals surface area contributed by atoms with Crippen LogP contribution in [-0.4, -0.2) is 37.2 Å². The maximum atomic E-state index is 12.8. The van der Waals surface area contributed by atoms with E-state index >= 15 is 0 Å². The minimum Gasteiger partial charge on any atom is -0.462 e. The van der Waals surface area contributed by atoms with Gasteiger partial charge in [0.25, 0.3) is 0 Å². The van der Waals surface area contributed by atoms with E-state index in [1.807, 2.05) is 60.8 Å². The lowest BCUT2D eigenvalue weighted by Gasteiger charge is -2.18. The van der Waals surface area contributed by atoms with Gasteiger partial charge in [0.15, 0.2) is 6.10 Å². The zero-order valence-corrected chi connectivity index (χ0v) is 39.5. The first kappa shape index (κ1) is 58.0. The average molecular weight is 865 g/mol. The molecule has 63 heavy (non-hydrogen) atoms. The highest BCUT2D eigenvalue weighted by Crippen LogP contribution is 2.10. The SMILES string of the molecule is CC\C=C/C=C\C=C/C=C\C=C\C=C/CCCCCC(=O)OCC(COC(=O)CCCCC/C=C\C=C/CCCC)OC(=O)CCC/C=C\C/C=C\C/C=C\C/C=C\C/C=C\CC. The van der Waals surface area contributed by atoms with Gasteiger partial charge in [-0.15, -0.1) is 0 Å². The molecule has 1 atom stereocenters. The van der Waals surface area contributed by atoms with E-state index in [0.29, 0.717) is 19.3 Å². The molecule has 0 spiro atoms. The maximum absolute atomic E-state index is 12.8. The largest absolute Gasteiger partial charge is 0.462 e. The molecule has 6 heteroatoms. The van der Waals surface area contributed by atoms with Gasteiger partial charge in [-0.1, -0.05) is 204 Å². The van der Waals surface area contributed by atoms with Crippen molar-refractivity contribution < 1.29 is 28.6 Å². The van der Waals surface area contributed by atoms with Gasteiger partial charge < -0.3 is 14.2 Å². The molecular weight excluding hydrogens is 781 g/mol. The molecule has 0 radical (unpaired) electrons. The molecule has 0 saturated carbocycles. The maximum Gasteiger partial charge on any atom is 0.306 e. The first-order valence-electron chi connectivity index (χ1n) is 24.1. The number of allylic oxidation sites excluding steroid dienone is 26. The fourth-order valence-corrected chi connectivity index (χ4v) is 5.60. The second-order valence-electron chi connectivity index (χ2n) is 15.1. The molecule has 0 aromatic rings. The molecule has 0 bridgehead atoms. The zero-order valence-electron chi connectivity index (χ0n) is 39.5. The smallest absolute Gasteiger partial charge is 0.306 e. The first-order chi connectivity index (χ1) is 31.0. The molecule has 348 valence electrons. The topological polar surface area (TPSA) is 78.9 Å². The molecule has 1 unspecified atom stereocenters. The van der Waals surface area contributed by atoms with Crippen LogP contribution in [-0.2, 0) is 28.6 Å². The zero-order chi connectivity index (χ0) is 45.8. The van der Waals surface area contributed by atoms with Crippen LogP contribution in [0.1, 0.15) is 162 Å². The molecular formula is C57H84O6. The van der Waals surface area contributed by atoms with Crippen molar-refractivity contribution in [2.45, 2.75) is 168 Å². The molecule has 0 amide bonds. The summed E-state index contributed by atoms with van der Waals surface area (Å²) in [5, 5.41) is 0. The molecule has 0 N–H and O–H groups in total. The van der Waals surface area contributed by atoms with Crippen LogP contribution in [0.5, 0.6) is 0 Å². The van der Waals surface area contributed by atoms with Crippen LogP contribution in [0, 0.1) is 0 Å². The van der Waals surface area contributed by atoms with Crippen LogP contribution in [0.2, 0.25) is 0 Å². The third-order valence-corrected chi connectivity index (χ3v) is 9.19. The van der Waals surface area contributed by atoms with E-state index in [2.05, 4.69) is 118 Å². The summed E-state index contributed by atoms with van der Waals surface area (Å²) >= 11 is 0. The third-order valence-electron chi connectivity index (χ3n) is 9.19. The van der Waals surface area contributed by atoms with E-state index in [-0.39, 0.29) is 38.0 Å². The van der Waals surface area contributed by atoms with E-state index in [1.54, 1.807) is 0 Å². The van der Waals surface area contributed by atoms with Gasteiger partial charge in [0.05, 0.1) is 0 Å². The summed E-state index contributed by atoms with van der Waals surface area (Å²) in [6, 6.07) is 0. The van der Waals surface area contributed by atoms with Crippen molar-refractivity contribution in [2.24, 2.45) is 0 Å². The van der Waals surface area contributed by atoms with Gasteiger partial charge >= 0.3 is 17.9 Å². The second-order valence-corrected chi connectivity index (χ2v) is 15.1. The number of rotatable bonds is 40. The highest BCUT2D eigenvalue weighted by atomic mass is 16.6. The predicted molar refractivity (Wildman–Crippen MR) is 269 cm³/mol. The van der Waals surface area contributed by atoms with E-state index < -0.39 is 12.1 Å². The van der Waals surface area contributed by atoms with E-state index in [0.717, 1.165) is 96.3 Å². The first-order valence-corrected chi connectivity index (χ1v) is 24.1. The number of carbonyl (C=O) groups is 3. The molecule has 6 nitrogen and oxygen atoms in total. The van der Waals surface area contributed by atoms with Crippen molar-refractivity contribution in [1.82, 2.24) is 0 Å². The summed E-state index contributed by atoms with van der Waals surface area (Å²) in [4.78, 5) is 37.8. The summed E-state index contributed by atoms with van der Waals surface area (Å²) in [6.45, 7) is 6.17. The van der Waals surface area contributed by atoms with Crippen LogP contribution < -0.4 is 0 Å². The average Bonchev–Trinajstić information content (AvgIpc) is 3.28. The molecule has 0 aromatic heterocycles. The lowest BCUT2D eigenvalue weighted by molar-refractivity contribution is -0.167. The van der Waals surface area contributed by atoms with Crippen LogP contribution >= 0.6 is 0 Å². The summed E-state index contributed by atoms with van der Waals surface area (Å²) < 4.78 is 16.6. The summed E-state index contributed by atoms with van der Waals surface area (Å²) in [5.41, 5.74) is 0. The number of hydrogen-bond acceptors (Lipinski definition) is 6. The molecule has 0 fully saturated rings. The summed E-state index contributed by atoms with van der Waals surface area (Å²) in [7, 11) is 0. The molecule has 0 aliphatic carbocycles. The van der Waals surface area contributed by atoms with Crippen molar-refractivity contribution in [3.63, 3.8) is 0 Å². The normalized spacial score (nSPS) is 13.5. The van der Waals surface area contributed by atoms with Crippen molar-refractivity contribution in [2.75, 3.05) is 13.2 Å². The Labute approximate surface area is 384 Å².